The number of rotatable bonds is 4. The van der Waals surface area contributed by atoms with E-state index in [1.54, 1.807) is 0 Å². The van der Waals surface area contributed by atoms with Crippen LogP contribution in [-0.4, -0.2) is 63.1 Å². The summed E-state index contributed by atoms with van der Waals surface area (Å²) in [6.45, 7) is 0.594. The number of amides is 2. The van der Waals surface area contributed by atoms with Crippen LogP contribution in [0.2, 0.25) is 0 Å². The van der Waals surface area contributed by atoms with Crippen molar-refractivity contribution in [1.29, 1.82) is 0 Å². The van der Waals surface area contributed by atoms with Gasteiger partial charge in [0.05, 0.1) is 5.88 Å². The first kappa shape index (κ1) is 17.6. The van der Waals surface area contributed by atoms with Crippen molar-refractivity contribution in [2.75, 3.05) is 18.2 Å². The first-order valence-electron chi connectivity index (χ1n) is 8.16. The second-order valence-electron chi connectivity index (χ2n) is 6.05. The number of ether oxygens (including phenoxy) is 1. The van der Waals surface area contributed by atoms with Crippen molar-refractivity contribution in [3.05, 3.63) is 35.9 Å². The lowest BCUT2D eigenvalue weighted by Gasteiger charge is -2.29. The van der Waals surface area contributed by atoms with Crippen LogP contribution in [0.15, 0.2) is 30.3 Å². The first-order valence-corrected chi connectivity index (χ1v) is 9.31. The third-order valence-corrected chi connectivity index (χ3v) is 5.44. The minimum Gasteiger partial charge on any atom is -0.480 e. The Morgan fingerprint density at radius 3 is 2.64 bits per heavy atom. The van der Waals surface area contributed by atoms with Crippen molar-refractivity contribution < 1.29 is 24.2 Å². The van der Waals surface area contributed by atoms with Crippen LogP contribution in [0.4, 0.5) is 4.79 Å². The number of benzene rings is 1. The van der Waals surface area contributed by atoms with Crippen molar-refractivity contribution in [3.8, 4) is 0 Å². The molecule has 2 aliphatic heterocycles. The highest BCUT2D eigenvalue weighted by Crippen LogP contribution is 2.27. The maximum Gasteiger partial charge on any atom is 0.410 e. The summed E-state index contributed by atoms with van der Waals surface area (Å²) < 4.78 is 5.32. The van der Waals surface area contributed by atoms with Crippen molar-refractivity contribution in [3.63, 3.8) is 0 Å². The molecular weight excluding hydrogens is 344 g/mol. The van der Waals surface area contributed by atoms with Gasteiger partial charge in [0.1, 0.15) is 18.7 Å². The number of nitrogens with zero attached hydrogens (tertiary/aromatic N) is 2. The van der Waals surface area contributed by atoms with E-state index in [0.717, 1.165) is 5.56 Å². The number of hydrogen-bond acceptors (Lipinski definition) is 5. The van der Waals surface area contributed by atoms with Gasteiger partial charge in [0.25, 0.3) is 0 Å². The molecule has 1 aromatic rings. The predicted molar refractivity (Wildman–Crippen MR) is 91.9 cm³/mol. The van der Waals surface area contributed by atoms with Crippen LogP contribution in [0.1, 0.15) is 18.4 Å². The number of hydrogen-bond donors (Lipinski definition) is 1. The molecule has 0 spiro atoms. The number of carboxylic acids is 1. The minimum atomic E-state index is -1.01. The van der Waals surface area contributed by atoms with Crippen molar-refractivity contribution in [1.82, 2.24) is 9.80 Å². The number of carbonyl (C=O) groups excluding carboxylic acids is 2. The average Bonchev–Trinajstić information content (AvgIpc) is 3.29. The van der Waals surface area contributed by atoms with Crippen LogP contribution in [0.25, 0.3) is 0 Å². The minimum absolute atomic E-state index is 0.147. The summed E-state index contributed by atoms with van der Waals surface area (Å²) in [6, 6.07) is 7.87. The van der Waals surface area contributed by atoms with E-state index in [4.69, 9.17) is 4.74 Å². The summed E-state index contributed by atoms with van der Waals surface area (Å²) in [5, 5.41) is 9.25. The largest absolute Gasteiger partial charge is 0.480 e. The Labute approximate surface area is 149 Å². The quantitative estimate of drug-likeness (QED) is 0.876. The Morgan fingerprint density at radius 1 is 1.16 bits per heavy atom. The number of thioether (sulfide) groups is 1. The Balaban J connectivity index is 1.62. The van der Waals surface area contributed by atoms with Gasteiger partial charge in [0.15, 0.2) is 0 Å². The Bertz CT molecular complexity index is 654. The fourth-order valence-electron chi connectivity index (χ4n) is 3.10. The Morgan fingerprint density at radius 2 is 1.92 bits per heavy atom. The topological polar surface area (TPSA) is 87.2 Å². The molecule has 0 radical (unpaired) electrons. The molecule has 2 atom stereocenters. The monoisotopic (exact) mass is 364 g/mol. The standard InChI is InChI=1S/C17H20N2O5S/c20-15(19-11-25-10-14(19)16(21)22)13-7-4-8-18(13)17(23)24-9-12-5-2-1-3-6-12/h1-3,5-6,13-14H,4,7-11H2,(H,21,22). The van der Waals surface area contributed by atoms with Crippen molar-refractivity contribution in [2.24, 2.45) is 0 Å². The summed E-state index contributed by atoms with van der Waals surface area (Å²) >= 11 is 1.41. The summed E-state index contributed by atoms with van der Waals surface area (Å²) in [4.78, 5) is 39.2. The molecule has 2 unspecified atom stereocenters. The number of carboxylic acid groups (broad SMARTS) is 1. The molecule has 2 saturated heterocycles. The summed E-state index contributed by atoms with van der Waals surface area (Å²) in [6.07, 6.45) is 0.709. The van der Waals surface area contributed by atoms with Gasteiger partial charge in [-0.25, -0.2) is 9.59 Å². The van der Waals surface area contributed by atoms with E-state index >= 15 is 0 Å². The molecule has 134 valence electrons. The van der Waals surface area contributed by atoms with Gasteiger partial charge in [-0.05, 0) is 18.4 Å². The van der Waals surface area contributed by atoms with Crippen LogP contribution in [0.3, 0.4) is 0 Å². The van der Waals surface area contributed by atoms with Crippen LogP contribution < -0.4 is 0 Å². The molecule has 2 aliphatic rings. The molecule has 25 heavy (non-hydrogen) atoms. The van der Waals surface area contributed by atoms with Crippen LogP contribution in [-0.2, 0) is 20.9 Å². The molecule has 7 nitrogen and oxygen atoms in total. The molecule has 0 aliphatic carbocycles. The molecule has 0 bridgehead atoms. The highest BCUT2D eigenvalue weighted by atomic mass is 32.2. The van der Waals surface area contributed by atoms with E-state index in [-0.39, 0.29) is 12.5 Å². The molecule has 0 saturated carbocycles. The molecular formula is C17H20N2O5S. The third-order valence-electron chi connectivity index (χ3n) is 4.43. The van der Waals surface area contributed by atoms with E-state index < -0.39 is 24.1 Å². The lowest BCUT2D eigenvalue weighted by atomic mass is 10.1. The highest BCUT2D eigenvalue weighted by Gasteiger charge is 2.42. The fourth-order valence-corrected chi connectivity index (χ4v) is 4.26. The highest BCUT2D eigenvalue weighted by molar-refractivity contribution is 7.99. The van der Waals surface area contributed by atoms with E-state index in [1.165, 1.54) is 21.6 Å². The molecule has 3 rings (SSSR count). The third kappa shape index (κ3) is 3.89. The second-order valence-corrected chi connectivity index (χ2v) is 7.05. The van der Waals surface area contributed by atoms with Crippen LogP contribution >= 0.6 is 11.8 Å². The zero-order valence-electron chi connectivity index (χ0n) is 13.7. The zero-order chi connectivity index (χ0) is 17.8. The molecule has 0 aromatic heterocycles. The first-order chi connectivity index (χ1) is 12.1. The lowest BCUT2D eigenvalue weighted by molar-refractivity contribution is -0.149. The van der Waals surface area contributed by atoms with Crippen LogP contribution in [0.5, 0.6) is 0 Å². The fraction of sp³-hybridized carbons (Fsp3) is 0.471. The number of carbonyl (C=O) groups is 3. The Kier molecular flexibility index (Phi) is 5.47. The summed E-state index contributed by atoms with van der Waals surface area (Å²) in [5.41, 5.74) is 0.875. The van der Waals surface area contributed by atoms with E-state index in [0.29, 0.717) is 31.0 Å². The molecule has 1 aromatic carbocycles. The smallest absolute Gasteiger partial charge is 0.410 e. The van der Waals surface area contributed by atoms with Gasteiger partial charge in [-0.15, -0.1) is 11.8 Å². The van der Waals surface area contributed by atoms with Crippen molar-refractivity contribution in [2.45, 2.75) is 31.5 Å². The molecule has 2 fully saturated rings. The Hall–Kier alpha value is -2.22. The van der Waals surface area contributed by atoms with E-state index in [2.05, 4.69) is 0 Å². The van der Waals surface area contributed by atoms with Gasteiger partial charge in [-0.1, -0.05) is 30.3 Å². The SMILES string of the molecule is O=C(O)C1CSCN1C(=O)C1CCCN1C(=O)OCc1ccccc1. The number of likely N-dealkylation sites (tertiary alicyclic amines) is 1. The number of aliphatic carboxylic acids is 1. The maximum absolute atomic E-state index is 12.8. The normalized spacial score (nSPS) is 22.9. The maximum atomic E-state index is 12.8. The molecule has 2 heterocycles. The van der Waals surface area contributed by atoms with Gasteiger partial charge in [0, 0.05) is 12.3 Å². The second kappa shape index (κ2) is 7.77. The average molecular weight is 364 g/mol. The predicted octanol–water partition coefficient (Wildman–Crippen LogP) is 1.77. The van der Waals surface area contributed by atoms with Crippen molar-refractivity contribution >= 4 is 29.7 Å². The van der Waals surface area contributed by atoms with Gasteiger partial charge in [-0.2, -0.15) is 0 Å². The summed E-state index contributed by atoms with van der Waals surface area (Å²) in [5.74, 6) is -0.577. The molecule has 8 heteroatoms. The van der Waals surface area contributed by atoms with E-state index in [9.17, 15) is 19.5 Å². The van der Waals surface area contributed by atoms with Crippen LogP contribution in [0, 0.1) is 0 Å². The van der Waals surface area contributed by atoms with Gasteiger partial charge in [0.2, 0.25) is 5.91 Å². The van der Waals surface area contributed by atoms with E-state index in [1.807, 2.05) is 30.3 Å². The van der Waals surface area contributed by atoms with Gasteiger partial charge >= 0.3 is 12.1 Å². The summed E-state index contributed by atoms with van der Waals surface area (Å²) in [7, 11) is 0. The molecule has 2 amide bonds. The zero-order valence-corrected chi connectivity index (χ0v) is 14.5. The van der Waals surface area contributed by atoms with Gasteiger partial charge < -0.3 is 14.7 Å². The molecule has 1 N–H and O–H groups in total. The van der Waals surface area contributed by atoms with Gasteiger partial charge in [-0.3, -0.25) is 9.69 Å². The lowest BCUT2D eigenvalue weighted by Crippen LogP contribution is -2.51.